The lowest BCUT2D eigenvalue weighted by Gasteiger charge is -2.24. The Morgan fingerprint density at radius 2 is 1.42 bits per heavy atom. The maximum Gasteiger partial charge on any atom is 0.321 e. The number of hydrogen-bond acceptors (Lipinski definition) is 5. The van der Waals surface area contributed by atoms with Crippen molar-refractivity contribution in [2.24, 2.45) is 5.92 Å². The largest absolute Gasteiger partial charge is 0.493 e. The number of para-hydroxylation sites is 1. The van der Waals surface area contributed by atoms with E-state index in [-0.39, 0.29) is 25.5 Å². The first kappa shape index (κ1) is 22.2. The second-order valence-electron chi connectivity index (χ2n) is 7.03. The zero-order valence-corrected chi connectivity index (χ0v) is 17.0. The number of aliphatic carboxylic acids is 1. The molecule has 3 aromatic carbocycles. The third kappa shape index (κ3) is 6.01. The standard InChI is InChI=1S/C25H25NO5/c27-16-15-26-23(25(29)30)22(17-31-21-9-5-2-6-10-21)24(28)20-13-11-19(12-14-20)18-7-3-1-4-8-18/h1-14,22-23,26-27H,15-17H2,(H,29,30). The Kier molecular flexibility index (Phi) is 7.92. The summed E-state index contributed by atoms with van der Waals surface area (Å²) in [6, 6.07) is 24.6. The normalized spacial score (nSPS) is 12.7. The number of nitrogens with one attached hydrogen (secondary N) is 1. The van der Waals surface area contributed by atoms with Gasteiger partial charge >= 0.3 is 5.97 Å². The number of hydrogen-bond donors (Lipinski definition) is 3. The summed E-state index contributed by atoms with van der Waals surface area (Å²) < 4.78 is 5.73. The molecule has 31 heavy (non-hydrogen) atoms. The molecule has 0 aromatic heterocycles. The number of aliphatic hydroxyl groups is 1. The van der Waals surface area contributed by atoms with Gasteiger partial charge in [0.05, 0.1) is 12.5 Å². The van der Waals surface area contributed by atoms with Crippen molar-refractivity contribution in [3.63, 3.8) is 0 Å². The van der Waals surface area contributed by atoms with Crippen LogP contribution in [0.25, 0.3) is 11.1 Å². The maximum absolute atomic E-state index is 13.3. The minimum Gasteiger partial charge on any atom is -0.493 e. The molecule has 0 spiro atoms. The Morgan fingerprint density at radius 3 is 2.00 bits per heavy atom. The number of Topliss-reactive ketones (excluding diaryl/α,β-unsaturated/α-hetero) is 1. The van der Waals surface area contributed by atoms with Crippen LogP contribution in [-0.2, 0) is 4.79 Å². The molecule has 0 fully saturated rings. The molecule has 3 N–H and O–H groups in total. The van der Waals surface area contributed by atoms with Crippen molar-refractivity contribution < 1.29 is 24.5 Å². The van der Waals surface area contributed by atoms with Crippen molar-refractivity contribution in [1.82, 2.24) is 5.32 Å². The van der Waals surface area contributed by atoms with Crippen LogP contribution in [0.3, 0.4) is 0 Å². The zero-order chi connectivity index (χ0) is 22.1. The Hall–Kier alpha value is -3.48. The Morgan fingerprint density at radius 1 is 0.839 bits per heavy atom. The smallest absolute Gasteiger partial charge is 0.321 e. The molecule has 2 atom stereocenters. The van der Waals surface area contributed by atoms with Gasteiger partial charge in [-0.2, -0.15) is 0 Å². The van der Waals surface area contributed by atoms with Gasteiger partial charge in [0, 0.05) is 12.1 Å². The molecule has 0 aliphatic carbocycles. The molecular weight excluding hydrogens is 394 g/mol. The Labute approximate surface area is 181 Å². The first-order valence-corrected chi connectivity index (χ1v) is 10.0. The lowest BCUT2D eigenvalue weighted by molar-refractivity contribution is -0.140. The van der Waals surface area contributed by atoms with E-state index in [2.05, 4.69) is 5.32 Å². The van der Waals surface area contributed by atoms with E-state index in [0.29, 0.717) is 11.3 Å². The van der Waals surface area contributed by atoms with Crippen molar-refractivity contribution in [3.05, 3.63) is 90.5 Å². The van der Waals surface area contributed by atoms with Gasteiger partial charge in [0.2, 0.25) is 0 Å². The molecule has 0 heterocycles. The van der Waals surface area contributed by atoms with E-state index in [9.17, 15) is 14.7 Å². The minimum atomic E-state index is -1.20. The molecule has 6 heteroatoms. The van der Waals surface area contributed by atoms with Crippen LogP contribution in [0.2, 0.25) is 0 Å². The number of carbonyl (C=O) groups excluding carboxylic acids is 1. The zero-order valence-electron chi connectivity index (χ0n) is 17.0. The van der Waals surface area contributed by atoms with E-state index in [1.807, 2.05) is 48.5 Å². The van der Waals surface area contributed by atoms with Crippen LogP contribution < -0.4 is 10.1 Å². The lowest BCUT2D eigenvalue weighted by atomic mass is 9.90. The predicted molar refractivity (Wildman–Crippen MR) is 118 cm³/mol. The van der Waals surface area contributed by atoms with Crippen molar-refractivity contribution in [1.29, 1.82) is 0 Å². The van der Waals surface area contributed by atoms with Gasteiger partial charge in [-0.1, -0.05) is 72.8 Å². The number of ketones is 1. The summed E-state index contributed by atoms with van der Waals surface area (Å²) >= 11 is 0. The molecule has 2 unspecified atom stereocenters. The molecule has 3 rings (SSSR count). The second kappa shape index (κ2) is 11.1. The van der Waals surface area contributed by atoms with Crippen LogP contribution in [0.5, 0.6) is 5.75 Å². The molecule has 0 radical (unpaired) electrons. The van der Waals surface area contributed by atoms with Gasteiger partial charge in [0.1, 0.15) is 18.4 Å². The highest BCUT2D eigenvalue weighted by Gasteiger charge is 2.34. The molecular formula is C25H25NO5. The molecule has 0 saturated heterocycles. The molecule has 3 aromatic rings. The third-order valence-corrected chi connectivity index (χ3v) is 4.93. The van der Waals surface area contributed by atoms with Crippen LogP contribution in [0, 0.1) is 5.92 Å². The van der Waals surface area contributed by atoms with Gasteiger partial charge in [-0.3, -0.25) is 9.59 Å². The van der Waals surface area contributed by atoms with Crippen molar-refractivity contribution in [3.8, 4) is 16.9 Å². The fourth-order valence-electron chi connectivity index (χ4n) is 3.32. The van der Waals surface area contributed by atoms with Crippen molar-refractivity contribution in [2.45, 2.75) is 6.04 Å². The third-order valence-electron chi connectivity index (χ3n) is 4.93. The first-order valence-electron chi connectivity index (χ1n) is 10.0. The molecule has 0 amide bonds. The van der Waals surface area contributed by atoms with Crippen LogP contribution in [0.1, 0.15) is 10.4 Å². The monoisotopic (exact) mass is 419 g/mol. The summed E-state index contributed by atoms with van der Waals surface area (Å²) in [4.78, 5) is 25.2. The van der Waals surface area contributed by atoms with Crippen LogP contribution in [0.4, 0.5) is 0 Å². The van der Waals surface area contributed by atoms with Crippen LogP contribution in [-0.4, -0.2) is 47.8 Å². The number of rotatable bonds is 11. The molecule has 0 saturated carbocycles. The fourth-order valence-corrected chi connectivity index (χ4v) is 3.32. The predicted octanol–water partition coefficient (Wildman–Crippen LogP) is 3.27. The number of benzene rings is 3. The summed E-state index contributed by atoms with van der Waals surface area (Å²) in [5.41, 5.74) is 2.39. The Balaban J connectivity index is 1.84. The molecule has 6 nitrogen and oxygen atoms in total. The molecule has 0 aliphatic heterocycles. The lowest BCUT2D eigenvalue weighted by Crippen LogP contribution is -2.49. The highest BCUT2D eigenvalue weighted by atomic mass is 16.5. The number of aliphatic hydroxyl groups excluding tert-OH is 1. The summed E-state index contributed by atoms with van der Waals surface area (Å²) in [6.45, 7) is -0.298. The second-order valence-corrected chi connectivity index (χ2v) is 7.03. The summed E-state index contributed by atoms with van der Waals surface area (Å²) in [6.07, 6.45) is 0. The average molecular weight is 419 g/mol. The van der Waals surface area contributed by atoms with Gasteiger partial charge in [0.15, 0.2) is 5.78 Å². The van der Waals surface area contributed by atoms with Gasteiger partial charge in [-0.25, -0.2) is 0 Å². The van der Waals surface area contributed by atoms with Gasteiger partial charge in [-0.05, 0) is 23.3 Å². The first-order chi connectivity index (χ1) is 15.1. The highest BCUT2D eigenvalue weighted by molar-refractivity contribution is 6.01. The highest BCUT2D eigenvalue weighted by Crippen LogP contribution is 2.22. The SMILES string of the molecule is O=C(c1ccc(-c2ccccc2)cc1)C(COc1ccccc1)C(NCCO)C(=O)O. The average Bonchev–Trinajstić information content (AvgIpc) is 2.82. The molecule has 0 bridgehead atoms. The van der Waals surface area contributed by atoms with E-state index < -0.39 is 17.9 Å². The van der Waals surface area contributed by atoms with E-state index in [1.165, 1.54) is 0 Å². The van der Waals surface area contributed by atoms with E-state index in [1.54, 1.807) is 36.4 Å². The van der Waals surface area contributed by atoms with Crippen molar-refractivity contribution >= 4 is 11.8 Å². The molecule has 160 valence electrons. The number of carbonyl (C=O) groups is 2. The van der Waals surface area contributed by atoms with Gasteiger partial charge in [0.25, 0.3) is 0 Å². The quantitative estimate of drug-likeness (QED) is 0.413. The van der Waals surface area contributed by atoms with E-state index in [0.717, 1.165) is 11.1 Å². The minimum absolute atomic E-state index is 0.0546. The van der Waals surface area contributed by atoms with Crippen LogP contribution >= 0.6 is 0 Å². The maximum atomic E-state index is 13.3. The van der Waals surface area contributed by atoms with Gasteiger partial charge in [-0.15, -0.1) is 0 Å². The summed E-state index contributed by atoms with van der Waals surface area (Å²) in [5.74, 6) is -1.95. The Bertz CT molecular complexity index is 974. The summed E-state index contributed by atoms with van der Waals surface area (Å²) in [5, 5.41) is 21.6. The van der Waals surface area contributed by atoms with Crippen molar-refractivity contribution in [2.75, 3.05) is 19.8 Å². The van der Waals surface area contributed by atoms with E-state index >= 15 is 0 Å². The number of carboxylic acid groups (broad SMARTS) is 1. The number of ether oxygens (including phenoxy) is 1. The molecule has 0 aliphatic rings. The fraction of sp³-hybridized carbons (Fsp3) is 0.200. The van der Waals surface area contributed by atoms with Gasteiger partial charge < -0.3 is 20.3 Å². The summed E-state index contributed by atoms with van der Waals surface area (Å²) in [7, 11) is 0. The van der Waals surface area contributed by atoms with E-state index in [4.69, 9.17) is 9.84 Å². The number of carboxylic acids is 1. The van der Waals surface area contributed by atoms with Crippen LogP contribution in [0.15, 0.2) is 84.9 Å². The topological polar surface area (TPSA) is 95.9 Å².